The highest BCUT2D eigenvalue weighted by Gasteiger charge is 2.10. The van der Waals surface area contributed by atoms with E-state index in [4.69, 9.17) is 0 Å². The minimum Gasteiger partial charge on any atom is -0.261 e. The topological polar surface area (TPSA) is 25.8 Å². The van der Waals surface area contributed by atoms with E-state index in [0.717, 1.165) is 11.3 Å². The van der Waals surface area contributed by atoms with Gasteiger partial charge < -0.3 is 0 Å². The molecule has 1 aromatic heterocycles. The monoisotopic (exact) mass is 308 g/mol. The van der Waals surface area contributed by atoms with E-state index in [0.29, 0.717) is 0 Å². The first-order valence-corrected chi connectivity index (χ1v) is 7.93. The Bertz CT molecular complexity index is 933. The molecule has 0 saturated heterocycles. The third-order valence-corrected chi connectivity index (χ3v) is 4.05. The van der Waals surface area contributed by atoms with Crippen LogP contribution < -0.4 is 0 Å². The smallest absolute Gasteiger partial charge is 0.0885 e. The fraction of sp³-hybridized carbons (Fsp3) is 0. The molecule has 24 heavy (non-hydrogen) atoms. The Kier molecular flexibility index (Phi) is 3.86. The molecule has 0 bridgehead atoms. The molecule has 0 atom stereocenters. The molecule has 1 heterocycles. The molecule has 4 aromatic rings. The van der Waals surface area contributed by atoms with Gasteiger partial charge in [0.1, 0.15) is 0 Å². The van der Waals surface area contributed by atoms with Gasteiger partial charge in [-0.2, -0.15) is 0 Å². The molecule has 0 spiro atoms. The Morgan fingerprint density at radius 3 is 1.83 bits per heavy atom. The molecule has 0 unspecified atom stereocenters. The van der Waals surface area contributed by atoms with Crippen LogP contribution in [0.2, 0.25) is 0 Å². The Hall–Kier alpha value is -3.26. The van der Waals surface area contributed by atoms with E-state index in [9.17, 15) is 0 Å². The van der Waals surface area contributed by atoms with Crippen LogP contribution >= 0.6 is 0 Å². The number of nitrogens with zero attached hydrogens (tertiary/aromatic N) is 2. The minimum absolute atomic E-state index is 0.884. The summed E-state index contributed by atoms with van der Waals surface area (Å²) in [5.41, 5.74) is 6.78. The number of rotatable bonds is 3. The zero-order chi connectivity index (χ0) is 16.2. The van der Waals surface area contributed by atoms with Gasteiger partial charge in [-0.25, -0.2) is 0 Å². The second-order valence-electron chi connectivity index (χ2n) is 5.58. The molecule has 0 aliphatic heterocycles. The first kappa shape index (κ1) is 14.3. The maximum Gasteiger partial charge on any atom is 0.0885 e. The molecule has 0 radical (unpaired) electrons. The maximum atomic E-state index is 4.42. The quantitative estimate of drug-likeness (QED) is 0.501. The van der Waals surface area contributed by atoms with Crippen LogP contribution in [0.3, 0.4) is 0 Å². The van der Waals surface area contributed by atoms with Gasteiger partial charge in [-0.1, -0.05) is 72.8 Å². The van der Waals surface area contributed by atoms with E-state index >= 15 is 0 Å². The molecular weight excluding hydrogens is 292 g/mol. The Balaban J connectivity index is 1.92. The van der Waals surface area contributed by atoms with Gasteiger partial charge in [-0.05, 0) is 28.3 Å². The zero-order valence-electron chi connectivity index (χ0n) is 13.1. The lowest BCUT2D eigenvalue weighted by molar-refractivity contribution is 1.21. The first-order chi connectivity index (χ1) is 11.9. The van der Waals surface area contributed by atoms with E-state index in [-0.39, 0.29) is 0 Å². The normalized spacial score (nSPS) is 10.5. The van der Waals surface area contributed by atoms with Gasteiger partial charge in [0.05, 0.1) is 11.9 Å². The van der Waals surface area contributed by atoms with Crippen LogP contribution in [0, 0.1) is 0 Å². The summed E-state index contributed by atoms with van der Waals surface area (Å²) in [4.78, 5) is 8.61. The van der Waals surface area contributed by atoms with Crippen molar-refractivity contribution in [2.24, 2.45) is 0 Å². The summed E-state index contributed by atoms with van der Waals surface area (Å²) in [6.07, 6.45) is 5.22. The van der Waals surface area contributed by atoms with Crippen molar-refractivity contribution in [2.45, 2.75) is 0 Å². The highest BCUT2D eigenvalue weighted by Crippen LogP contribution is 2.35. The highest BCUT2D eigenvalue weighted by molar-refractivity contribution is 5.86. The van der Waals surface area contributed by atoms with Crippen molar-refractivity contribution in [3.63, 3.8) is 0 Å². The van der Waals surface area contributed by atoms with E-state index in [1.807, 2.05) is 12.1 Å². The molecule has 2 nitrogen and oxygen atoms in total. The first-order valence-electron chi connectivity index (χ1n) is 7.93. The van der Waals surface area contributed by atoms with Crippen LogP contribution in [0.25, 0.3) is 33.5 Å². The summed E-state index contributed by atoms with van der Waals surface area (Å²) < 4.78 is 0. The van der Waals surface area contributed by atoms with Crippen molar-refractivity contribution >= 4 is 0 Å². The van der Waals surface area contributed by atoms with E-state index < -0.39 is 0 Å². The number of hydrogen-bond donors (Lipinski definition) is 0. The molecule has 114 valence electrons. The average molecular weight is 308 g/mol. The molecule has 0 saturated carbocycles. The Morgan fingerprint density at radius 1 is 0.542 bits per heavy atom. The van der Waals surface area contributed by atoms with Crippen LogP contribution in [-0.2, 0) is 0 Å². The second kappa shape index (κ2) is 6.47. The second-order valence-corrected chi connectivity index (χ2v) is 5.58. The van der Waals surface area contributed by atoms with Crippen LogP contribution in [0.4, 0.5) is 0 Å². The molecule has 3 aromatic carbocycles. The fourth-order valence-corrected chi connectivity index (χ4v) is 2.88. The van der Waals surface area contributed by atoms with Gasteiger partial charge in [0.15, 0.2) is 0 Å². The molecule has 0 aliphatic carbocycles. The predicted octanol–water partition coefficient (Wildman–Crippen LogP) is 5.48. The van der Waals surface area contributed by atoms with Crippen LogP contribution in [0.5, 0.6) is 0 Å². The van der Waals surface area contributed by atoms with Gasteiger partial charge in [-0.15, -0.1) is 0 Å². The summed E-state index contributed by atoms with van der Waals surface area (Å²) in [5, 5.41) is 0. The van der Waals surface area contributed by atoms with Crippen molar-refractivity contribution in [1.82, 2.24) is 9.97 Å². The third kappa shape index (κ3) is 2.82. The number of aromatic nitrogens is 2. The largest absolute Gasteiger partial charge is 0.261 e. The lowest BCUT2D eigenvalue weighted by Gasteiger charge is -2.12. The number of hydrogen-bond acceptors (Lipinski definition) is 2. The number of benzene rings is 3. The van der Waals surface area contributed by atoms with Gasteiger partial charge in [0.25, 0.3) is 0 Å². The Morgan fingerprint density at radius 2 is 1.21 bits per heavy atom. The van der Waals surface area contributed by atoms with Gasteiger partial charge >= 0.3 is 0 Å². The summed E-state index contributed by atoms with van der Waals surface area (Å²) in [5.74, 6) is 0. The van der Waals surface area contributed by atoms with Crippen LogP contribution in [0.15, 0.2) is 97.5 Å². The molecule has 0 N–H and O–H groups in total. The van der Waals surface area contributed by atoms with E-state index in [1.165, 1.54) is 22.3 Å². The van der Waals surface area contributed by atoms with Crippen molar-refractivity contribution in [3.8, 4) is 33.5 Å². The SMILES string of the molecule is c1ccc(-c2ccc(-c3cnccn3)cc2-c2ccccc2)cc1. The van der Waals surface area contributed by atoms with Crippen molar-refractivity contribution in [3.05, 3.63) is 97.5 Å². The molecular formula is C22H16N2. The van der Waals surface area contributed by atoms with Crippen LogP contribution in [0.1, 0.15) is 0 Å². The zero-order valence-corrected chi connectivity index (χ0v) is 13.1. The predicted molar refractivity (Wildman–Crippen MR) is 98.3 cm³/mol. The Labute approximate surface area is 141 Å². The average Bonchev–Trinajstić information content (AvgIpc) is 2.69. The molecule has 2 heteroatoms. The fourth-order valence-electron chi connectivity index (χ4n) is 2.88. The summed E-state index contributed by atoms with van der Waals surface area (Å²) in [7, 11) is 0. The molecule has 0 aliphatic rings. The highest BCUT2D eigenvalue weighted by atomic mass is 14.8. The van der Waals surface area contributed by atoms with Gasteiger partial charge in [-0.3, -0.25) is 9.97 Å². The van der Waals surface area contributed by atoms with Gasteiger partial charge in [0, 0.05) is 18.0 Å². The summed E-state index contributed by atoms with van der Waals surface area (Å²) >= 11 is 0. The summed E-state index contributed by atoms with van der Waals surface area (Å²) in [6.45, 7) is 0. The maximum absolute atomic E-state index is 4.42. The molecule has 4 rings (SSSR count). The van der Waals surface area contributed by atoms with Crippen molar-refractivity contribution < 1.29 is 0 Å². The van der Waals surface area contributed by atoms with Crippen LogP contribution in [-0.4, -0.2) is 9.97 Å². The molecule has 0 fully saturated rings. The van der Waals surface area contributed by atoms with E-state index in [1.54, 1.807) is 18.6 Å². The van der Waals surface area contributed by atoms with Crippen molar-refractivity contribution in [1.29, 1.82) is 0 Å². The van der Waals surface area contributed by atoms with Gasteiger partial charge in [0.2, 0.25) is 0 Å². The summed E-state index contributed by atoms with van der Waals surface area (Å²) in [6, 6.07) is 27.4. The standard InChI is InChI=1S/C22H16N2/c1-3-7-17(8-4-1)20-12-11-19(22-16-23-13-14-24-22)15-21(20)18-9-5-2-6-10-18/h1-16H. The third-order valence-electron chi connectivity index (χ3n) is 4.05. The minimum atomic E-state index is 0.884. The molecule has 0 amide bonds. The van der Waals surface area contributed by atoms with E-state index in [2.05, 4.69) is 76.7 Å². The van der Waals surface area contributed by atoms with Crippen molar-refractivity contribution in [2.75, 3.05) is 0 Å². The lowest BCUT2D eigenvalue weighted by atomic mass is 9.92. The lowest BCUT2D eigenvalue weighted by Crippen LogP contribution is -1.89.